The molecule has 0 amide bonds. The summed E-state index contributed by atoms with van der Waals surface area (Å²) in [5.74, 6) is 1.45. The van der Waals surface area contributed by atoms with Gasteiger partial charge in [0.05, 0.1) is 0 Å². The summed E-state index contributed by atoms with van der Waals surface area (Å²) in [7, 11) is 2.03. The highest BCUT2D eigenvalue weighted by molar-refractivity contribution is 5.84. The molecule has 0 spiro atoms. The fourth-order valence-electron chi connectivity index (χ4n) is 2.69. The lowest BCUT2D eigenvalue weighted by molar-refractivity contribution is -0.130. The summed E-state index contributed by atoms with van der Waals surface area (Å²) in [6.07, 6.45) is 8.26. The van der Waals surface area contributed by atoms with Gasteiger partial charge in [0.1, 0.15) is 5.78 Å². The molecule has 0 aromatic heterocycles. The maximum absolute atomic E-state index is 12.0. The first-order valence-electron chi connectivity index (χ1n) is 6.02. The number of ketones is 1. The van der Waals surface area contributed by atoms with Gasteiger partial charge in [0.25, 0.3) is 0 Å². The first kappa shape index (κ1) is 10.2. The lowest BCUT2D eigenvalue weighted by Crippen LogP contribution is -2.36. The number of hydrogen-bond acceptors (Lipinski definition) is 2. The Morgan fingerprint density at radius 3 is 2.00 bits per heavy atom. The predicted octanol–water partition coefficient (Wildman–Crippen LogP) is 2.13. The van der Waals surface area contributed by atoms with Crippen LogP contribution in [0.5, 0.6) is 0 Å². The molecule has 2 saturated carbocycles. The van der Waals surface area contributed by atoms with Gasteiger partial charge in [-0.05, 0) is 45.6 Å². The monoisotopic (exact) mass is 195 g/mol. The number of carbonyl (C=O) groups is 1. The van der Waals surface area contributed by atoms with E-state index in [1.165, 1.54) is 32.1 Å². The first-order valence-corrected chi connectivity index (χ1v) is 6.02. The lowest BCUT2D eigenvalue weighted by atomic mass is 9.73. The van der Waals surface area contributed by atoms with Gasteiger partial charge >= 0.3 is 0 Å². The van der Waals surface area contributed by atoms with Gasteiger partial charge in [0, 0.05) is 17.9 Å². The molecule has 0 atom stereocenters. The molecule has 2 nitrogen and oxygen atoms in total. The summed E-state index contributed by atoms with van der Waals surface area (Å²) in [4.78, 5) is 12.0. The molecular weight excluding hydrogens is 174 g/mol. The van der Waals surface area contributed by atoms with E-state index < -0.39 is 0 Å². The fraction of sp³-hybridized carbons (Fsp3) is 0.917. The summed E-state index contributed by atoms with van der Waals surface area (Å²) in [5.41, 5.74) is 0. The van der Waals surface area contributed by atoms with Crippen molar-refractivity contribution in [2.75, 3.05) is 7.05 Å². The number of nitrogens with one attached hydrogen (secondary N) is 1. The van der Waals surface area contributed by atoms with Crippen molar-refractivity contribution in [1.82, 2.24) is 5.32 Å². The van der Waals surface area contributed by atoms with Crippen LogP contribution in [0.25, 0.3) is 0 Å². The van der Waals surface area contributed by atoms with Gasteiger partial charge in [-0.15, -0.1) is 0 Å². The van der Waals surface area contributed by atoms with Crippen LogP contribution < -0.4 is 5.32 Å². The first-order chi connectivity index (χ1) is 6.81. The van der Waals surface area contributed by atoms with E-state index in [0.717, 1.165) is 12.8 Å². The maximum Gasteiger partial charge on any atom is 0.139 e. The van der Waals surface area contributed by atoms with Gasteiger partial charge in [-0.2, -0.15) is 0 Å². The van der Waals surface area contributed by atoms with Gasteiger partial charge in [-0.3, -0.25) is 4.79 Å². The number of Topliss-reactive ketones (excluding diaryl/α,β-unsaturated/α-hetero) is 1. The van der Waals surface area contributed by atoms with E-state index in [4.69, 9.17) is 0 Å². The molecule has 0 aromatic rings. The summed E-state index contributed by atoms with van der Waals surface area (Å²) < 4.78 is 0. The van der Waals surface area contributed by atoms with Crippen molar-refractivity contribution in [3.8, 4) is 0 Å². The molecule has 80 valence electrons. The van der Waals surface area contributed by atoms with Crippen LogP contribution in [0, 0.1) is 11.8 Å². The average Bonchev–Trinajstić information content (AvgIpc) is 2.15. The molecule has 2 fully saturated rings. The molecule has 14 heavy (non-hydrogen) atoms. The molecular formula is C12H21NO. The van der Waals surface area contributed by atoms with Crippen LogP contribution in [0.15, 0.2) is 0 Å². The largest absolute Gasteiger partial charge is 0.317 e. The molecule has 2 heteroatoms. The standard InChI is InChI=1S/C12H21NO/c1-13-11-7-5-10(6-8-11)12(14)9-3-2-4-9/h9-11,13H,2-8H2,1H3. The van der Waals surface area contributed by atoms with Crippen LogP contribution in [0.2, 0.25) is 0 Å². The van der Waals surface area contributed by atoms with E-state index in [9.17, 15) is 4.79 Å². The van der Waals surface area contributed by atoms with Crippen molar-refractivity contribution < 1.29 is 4.79 Å². The minimum Gasteiger partial charge on any atom is -0.317 e. The molecule has 2 aliphatic rings. The lowest BCUT2D eigenvalue weighted by Gasteiger charge is -2.32. The zero-order valence-corrected chi connectivity index (χ0v) is 9.09. The smallest absolute Gasteiger partial charge is 0.139 e. The topological polar surface area (TPSA) is 29.1 Å². The minimum atomic E-state index is 0.407. The number of carbonyl (C=O) groups excluding carboxylic acids is 1. The van der Waals surface area contributed by atoms with Crippen molar-refractivity contribution in [1.29, 1.82) is 0 Å². The van der Waals surface area contributed by atoms with Gasteiger partial charge in [0.2, 0.25) is 0 Å². The highest BCUT2D eigenvalue weighted by atomic mass is 16.1. The minimum absolute atomic E-state index is 0.407. The van der Waals surface area contributed by atoms with Crippen LogP contribution in [-0.4, -0.2) is 18.9 Å². The van der Waals surface area contributed by atoms with Crippen molar-refractivity contribution in [2.24, 2.45) is 11.8 Å². The van der Waals surface area contributed by atoms with E-state index in [2.05, 4.69) is 5.32 Å². The average molecular weight is 195 g/mol. The summed E-state index contributed by atoms with van der Waals surface area (Å²) in [6.45, 7) is 0. The van der Waals surface area contributed by atoms with Crippen molar-refractivity contribution >= 4 is 5.78 Å². The van der Waals surface area contributed by atoms with Crippen LogP contribution in [0.1, 0.15) is 44.9 Å². The zero-order chi connectivity index (χ0) is 9.97. The van der Waals surface area contributed by atoms with Gasteiger partial charge in [-0.25, -0.2) is 0 Å². The fourth-order valence-corrected chi connectivity index (χ4v) is 2.69. The quantitative estimate of drug-likeness (QED) is 0.747. The second-order valence-corrected chi connectivity index (χ2v) is 4.87. The molecule has 0 aromatic carbocycles. The third-order valence-corrected chi connectivity index (χ3v) is 4.05. The molecule has 0 bridgehead atoms. The van der Waals surface area contributed by atoms with E-state index in [-0.39, 0.29) is 0 Å². The Morgan fingerprint density at radius 2 is 1.57 bits per heavy atom. The second kappa shape index (κ2) is 4.43. The Hall–Kier alpha value is -0.370. The summed E-state index contributed by atoms with van der Waals surface area (Å²) in [5, 5.41) is 3.31. The van der Waals surface area contributed by atoms with Gasteiger partial charge in [0.15, 0.2) is 0 Å². The number of hydrogen-bond donors (Lipinski definition) is 1. The second-order valence-electron chi connectivity index (χ2n) is 4.87. The highest BCUT2D eigenvalue weighted by Crippen LogP contribution is 2.34. The Bertz CT molecular complexity index is 202. The van der Waals surface area contributed by atoms with Crippen molar-refractivity contribution in [3.05, 3.63) is 0 Å². The van der Waals surface area contributed by atoms with Crippen molar-refractivity contribution in [3.63, 3.8) is 0 Å². The molecule has 2 aliphatic carbocycles. The summed E-state index contributed by atoms with van der Waals surface area (Å²) >= 11 is 0. The van der Waals surface area contributed by atoms with E-state index in [1.54, 1.807) is 0 Å². The van der Waals surface area contributed by atoms with Crippen LogP contribution in [0.4, 0.5) is 0 Å². The summed E-state index contributed by atoms with van der Waals surface area (Å²) in [6, 6.07) is 0.667. The Morgan fingerprint density at radius 1 is 1.00 bits per heavy atom. The van der Waals surface area contributed by atoms with Crippen molar-refractivity contribution in [2.45, 2.75) is 51.0 Å². The number of rotatable bonds is 3. The third-order valence-electron chi connectivity index (χ3n) is 4.05. The van der Waals surface area contributed by atoms with Crippen LogP contribution in [-0.2, 0) is 4.79 Å². The molecule has 0 unspecified atom stereocenters. The van der Waals surface area contributed by atoms with Gasteiger partial charge in [-0.1, -0.05) is 6.42 Å². The van der Waals surface area contributed by atoms with E-state index >= 15 is 0 Å². The zero-order valence-electron chi connectivity index (χ0n) is 9.09. The van der Waals surface area contributed by atoms with Crippen LogP contribution in [0.3, 0.4) is 0 Å². The van der Waals surface area contributed by atoms with E-state index in [1.807, 2.05) is 7.05 Å². The Kier molecular flexibility index (Phi) is 3.22. The van der Waals surface area contributed by atoms with E-state index in [0.29, 0.717) is 23.7 Å². The normalized spacial score (nSPS) is 33.8. The molecule has 1 N–H and O–H groups in total. The highest BCUT2D eigenvalue weighted by Gasteiger charge is 2.33. The Balaban J connectivity index is 1.79. The Labute approximate surface area is 86.5 Å². The predicted molar refractivity (Wildman–Crippen MR) is 57.2 cm³/mol. The molecule has 2 rings (SSSR count). The third kappa shape index (κ3) is 2.00. The maximum atomic E-state index is 12.0. The molecule has 0 aliphatic heterocycles. The molecule has 0 saturated heterocycles. The van der Waals surface area contributed by atoms with Gasteiger partial charge < -0.3 is 5.32 Å². The van der Waals surface area contributed by atoms with Crippen LogP contribution >= 0.6 is 0 Å². The molecule has 0 radical (unpaired) electrons. The molecule has 0 heterocycles. The SMILES string of the molecule is CNC1CCC(C(=O)C2CCC2)CC1.